The third kappa shape index (κ3) is 5.94. The molecular formula is C32H37N3O6. The van der Waals surface area contributed by atoms with E-state index in [1.165, 1.54) is 0 Å². The minimum atomic E-state index is -0.787. The van der Waals surface area contributed by atoms with E-state index in [0.29, 0.717) is 61.8 Å². The van der Waals surface area contributed by atoms with Crippen molar-refractivity contribution in [3.8, 4) is 17.2 Å². The van der Waals surface area contributed by atoms with Crippen molar-refractivity contribution in [1.82, 2.24) is 14.5 Å². The van der Waals surface area contributed by atoms with Gasteiger partial charge in [-0.25, -0.2) is 4.98 Å². The Morgan fingerprint density at radius 3 is 2.68 bits per heavy atom. The van der Waals surface area contributed by atoms with Crippen molar-refractivity contribution in [1.29, 1.82) is 0 Å². The lowest BCUT2D eigenvalue weighted by molar-refractivity contribution is -0.139. The number of aliphatic hydroxyl groups is 1. The SMILES string of the molecule is CCCCOc1ccc([C@H]2/C(=C(\O)c3ccc4c(c3)C[C@@H](C)O4)C(=O)C(=O)N2CCCn2ccnc2)cc1OCC. The Balaban J connectivity index is 1.54. The standard InChI is InChI=1S/C32H37N3O6/c1-4-6-16-40-26-11-8-22(19-27(26)39-5-2)29-28(30(36)23-9-10-25-24(18-23)17-21(3)41-25)31(37)32(38)35(29)14-7-13-34-15-12-33-20-34/h8-12,15,18-21,29,36H,4-7,13-14,16-17H2,1-3H3/b30-28+/t21-,29+/m1/s1. The number of hydrogen-bond acceptors (Lipinski definition) is 7. The van der Waals surface area contributed by atoms with Crippen LogP contribution in [0.1, 0.15) is 62.8 Å². The molecule has 1 saturated heterocycles. The van der Waals surface area contributed by atoms with Gasteiger partial charge in [-0.3, -0.25) is 9.59 Å². The summed E-state index contributed by atoms with van der Waals surface area (Å²) in [5.41, 5.74) is 2.16. The number of likely N-dealkylation sites (tertiary alicyclic amines) is 1. The van der Waals surface area contributed by atoms with Gasteiger partial charge in [0.2, 0.25) is 0 Å². The molecule has 1 aromatic heterocycles. The molecule has 2 aliphatic heterocycles. The summed E-state index contributed by atoms with van der Waals surface area (Å²) < 4.78 is 19.6. The molecule has 2 aliphatic rings. The second kappa shape index (κ2) is 12.5. The third-order valence-electron chi connectivity index (χ3n) is 7.42. The van der Waals surface area contributed by atoms with E-state index < -0.39 is 17.7 Å². The van der Waals surface area contributed by atoms with Gasteiger partial charge in [0.15, 0.2) is 11.5 Å². The van der Waals surface area contributed by atoms with Crippen molar-refractivity contribution in [3.63, 3.8) is 0 Å². The van der Waals surface area contributed by atoms with Crippen LogP contribution in [0.4, 0.5) is 0 Å². The molecule has 3 heterocycles. The van der Waals surface area contributed by atoms with Crippen molar-refractivity contribution in [2.24, 2.45) is 0 Å². The number of benzene rings is 2. The van der Waals surface area contributed by atoms with Gasteiger partial charge < -0.3 is 28.8 Å². The summed E-state index contributed by atoms with van der Waals surface area (Å²) in [7, 11) is 0. The summed E-state index contributed by atoms with van der Waals surface area (Å²) in [6, 6.07) is 10.1. The quantitative estimate of drug-likeness (QED) is 0.139. The molecule has 41 heavy (non-hydrogen) atoms. The number of aromatic nitrogens is 2. The first kappa shape index (κ1) is 28.3. The van der Waals surface area contributed by atoms with Gasteiger partial charge in [-0.05, 0) is 68.1 Å². The van der Waals surface area contributed by atoms with Gasteiger partial charge in [-0.1, -0.05) is 19.4 Å². The second-order valence-corrected chi connectivity index (χ2v) is 10.4. The topological polar surface area (TPSA) is 103 Å². The summed E-state index contributed by atoms with van der Waals surface area (Å²) in [6.45, 7) is 7.91. The van der Waals surface area contributed by atoms with Crippen LogP contribution in [-0.4, -0.2) is 57.1 Å². The van der Waals surface area contributed by atoms with Crippen LogP contribution in [0.15, 0.2) is 60.7 Å². The number of carbonyl (C=O) groups excluding carboxylic acids is 2. The Kier molecular flexibility index (Phi) is 8.61. The Bertz CT molecular complexity index is 1430. The zero-order valence-electron chi connectivity index (χ0n) is 23.8. The number of carbonyl (C=O) groups is 2. The number of hydrogen-bond donors (Lipinski definition) is 1. The Morgan fingerprint density at radius 1 is 1.07 bits per heavy atom. The van der Waals surface area contributed by atoms with Gasteiger partial charge in [0.1, 0.15) is 17.6 Å². The molecule has 0 saturated carbocycles. The van der Waals surface area contributed by atoms with Crippen molar-refractivity contribution in [3.05, 3.63) is 77.4 Å². The van der Waals surface area contributed by atoms with E-state index in [9.17, 15) is 14.7 Å². The molecule has 1 fully saturated rings. The monoisotopic (exact) mass is 559 g/mol. The smallest absolute Gasteiger partial charge is 0.295 e. The Hall–Kier alpha value is -4.27. The first-order valence-corrected chi connectivity index (χ1v) is 14.3. The van der Waals surface area contributed by atoms with Gasteiger partial charge in [0.05, 0.1) is 31.2 Å². The van der Waals surface area contributed by atoms with E-state index >= 15 is 0 Å². The van der Waals surface area contributed by atoms with E-state index in [1.807, 2.05) is 48.9 Å². The number of ketones is 1. The van der Waals surface area contributed by atoms with Crippen LogP contribution in [-0.2, 0) is 22.6 Å². The van der Waals surface area contributed by atoms with E-state index in [0.717, 1.165) is 24.2 Å². The van der Waals surface area contributed by atoms with Crippen LogP contribution in [0.2, 0.25) is 0 Å². The van der Waals surface area contributed by atoms with E-state index in [4.69, 9.17) is 14.2 Å². The molecule has 9 nitrogen and oxygen atoms in total. The summed E-state index contributed by atoms with van der Waals surface area (Å²) >= 11 is 0. The van der Waals surface area contributed by atoms with Crippen LogP contribution in [0, 0.1) is 0 Å². The maximum absolute atomic E-state index is 13.5. The molecule has 2 aromatic carbocycles. The van der Waals surface area contributed by atoms with Gasteiger partial charge in [-0.15, -0.1) is 0 Å². The zero-order chi connectivity index (χ0) is 28.9. The van der Waals surface area contributed by atoms with Crippen LogP contribution < -0.4 is 14.2 Å². The fourth-order valence-corrected chi connectivity index (χ4v) is 5.43. The third-order valence-corrected chi connectivity index (χ3v) is 7.42. The lowest BCUT2D eigenvalue weighted by atomic mass is 9.94. The maximum atomic E-state index is 13.5. The van der Waals surface area contributed by atoms with Gasteiger partial charge in [-0.2, -0.15) is 0 Å². The number of ether oxygens (including phenoxy) is 3. The van der Waals surface area contributed by atoms with Crippen LogP contribution >= 0.6 is 0 Å². The van der Waals surface area contributed by atoms with Gasteiger partial charge in [0, 0.05) is 37.5 Å². The van der Waals surface area contributed by atoms with Crippen LogP contribution in [0.3, 0.4) is 0 Å². The highest BCUT2D eigenvalue weighted by molar-refractivity contribution is 6.46. The molecular weight excluding hydrogens is 522 g/mol. The molecule has 0 aliphatic carbocycles. The number of imidazole rings is 1. The fraction of sp³-hybridized carbons (Fsp3) is 0.406. The normalized spacial score (nSPS) is 19.3. The van der Waals surface area contributed by atoms with Crippen molar-refractivity contribution in [2.75, 3.05) is 19.8 Å². The molecule has 0 bridgehead atoms. The number of Topliss-reactive ketones (excluding diaryl/α,β-unsaturated/α-hetero) is 1. The average Bonchev–Trinajstić information content (AvgIpc) is 3.68. The number of aryl methyl sites for hydroxylation is 1. The number of nitrogens with zero attached hydrogens (tertiary/aromatic N) is 3. The number of amides is 1. The van der Waals surface area contributed by atoms with Crippen LogP contribution in [0.25, 0.3) is 5.76 Å². The minimum absolute atomic E-state index is 0.0403. The summed E-state index contributed by atoms with van der Waals surface area (Å²) in [5, 5.41) is 11.6. The second-order valence-electron chi connectivity index (χ2n) is 10.4. The number of unbranched alkanes of at least 4 members (excludes halogenated alkanes) is 1. The first-order valence-electron chi connectivity index (χ1n) is 14.3. The van der Waals surface area contributed by atoms with E-state index in [-0.39, 0.29) is 17.4 Å². The average molecular weight is 560 g/mol. The molecule has 216 valence electrons. The van der Waals surface area contributed by atoms with Crippen molar-refractivity contribution >= 4 is 17.4 Å². The van der Waals surface area contributed by atoms with Gasteiger partial charge >= 0.3 is 0 Å². The molecule has 0 radical (unpaired) electrons. The number of rotatable bonds is 12. The molecule has 2 atom stereocenters. The molecule has 3 aromatic rings. The highest BCUT2D eigenvalue weighted by Gasteiger charge is 2.46. The lowest BCUT2D eigenvalue weighted by Crippen LogP contribution is -2.31. The summed E-state index contributed by atoms with van der Waals surface area (Å²) in [4.78, 5) is 32.6. The Morgan fingerprint density at radius 2 is 1.93 bits per heavy atom. The molecule has 5 rings (SSSR count). The van der Waals surface area contributed by atoms with E-state index in [2.05, 4.69) is 11.9 Å². The first-order chi connectivity index (χ1) is 19.9. The summed E-state index contributed by atoms with van der Waals surface area (Å²) in [6.07, 6.45) is 8.54. The summed E-state index contributed by atoms with van der Waals surface area (Å²) in [5.74, 6) is 0.366. The molecule has 1 N–H and O–H groups in total. The Labute approximate surface area is 240 Å². The highest BCUT2D eigenvalue weighted by atomic mass is 16.5. The lowest BCUT2D eigenvalue weighted by Gasteiger charge is -2.26. The highest BCUT2D eigenvalue weighted by Crippen LogP contribution is 2.43. The van der Waals surface area contributed by atoms with Crippen molar-refractivity contribution in [2.45, 2.75) is 65.1 Å². The maximum Gasteiger partial charge on any atom is 0.295 e. The molecule has 0 spiro atoms. The number of fused-ring (bicyclic) bond motifs is 1. The molecule has 1 amide bonds. The predicted molar refractivity (Wildman–Crippen MR) is 154 cm³/mol. The van der Waals surface area contributed by atoms with Crippen LogP contribution in [0.5, 0.6) is 17.2 Å². The minimum Gasteiger partial charge on any atom is -0.507 e. The largest absolute Gasteiger partial charge is 0.507 e. The molecule has 0 unspecified atom stereocenters. The van der Waals surface area contributed by atoms with E-state index in [1.54, 1.807) is 29.6 Å². The number of aliphatic hydroxyl groups excluding tert-OH is 1. The fourth-order valence-electron chi connectivity index (χ4n) is 5.43. The predicted octanol–water partition coefficient (Wildman–Crippen LogP) is 5.30. The van der Waals surface area contributed by atoms with Crippen molar-refractivity contribution < 1.29 is 28.9 Å². The molecule has 9 heteroatoms. The zero-order valence-corrected chi connectivity index (χ0v) is 23.8. The van der Waals surface area contributed by atoms with Gasteiger partial charge in [0.25, 0.3) is 11.7 Å².